The standard InChI is InChI=1S/C19H19N5/c1-15-12-18(24-21-14-17-10-6-3-7-11-17)23-19(22-15)20-13-16-8-4-2-5-9-16/h2-12,14H,13H2,1H3,(H2,20,22,23,24)/b21-14+. The monoisotopic (exact) mass is 317 g/mol. The number of anilines is 2. The number of hydrogen-bond donors (Lipinski definition) is 2. The minimum Gasteiger partial charge on any atom is -0.350 e. The molecule has 0 atom stereocenters. The van der Waals surface area contributed by atoms with Gasteiger partial charge in [0.15, 0.2) is 5.82 Å². The Morgan fingerprint density at radius 3 is 2.42 bits per heavy atom. The van der Waals surface area contributed by atoms with E-state index in [1.807, 2.05) is 61.5 Å². The second-order valence-corrected chi connectivity index (χ2v) is 5.34. The normalized spacial score (nSPS) is 10.7. The molecule has 3 aromatic rings. The molecule has 0 saturated carbocycles. The summed E-state index contributed by atoms with van der Waals surface area (Å²) in [5.74, 6) is 1.24. The number of hydrogen-bond acceptors (Lipinski definition) is 5. The van der Waals surface area contributed by atoms with Gasteiger partial charge < -0.3 is 5.32 Å². The van der Waals surface area contributed by atoms with Crippen molar-refractivity contribution in [2.75, 3.05) is 10.7 Å². The summed E-state index contributed by atoms with van der Waals surface area (Å²) in [6.45, 7) is 2.61. The van der Waals surface area contributed by atoms with Crippen LogP contribution >= 0.6 is 0 Å². The van der Waals surface area contributed by atoms with Crippen LogP contribution in [-0.4, -0.2) is 16.2 Å². The Balaban J connectivity index is 1.64. The molecule has 0 aliphatic heterocycles. The fourth-order valence-corrected chi connectivity index (χ4v) is 2.19. The molecule has 3 rings (SSSR count). The Kier molecular flexibility index (Phi) is 5.14. The highest BCUT2D eigenvalue weighted by molar-refractivity contribution is 5.79. The quantitative estimate of drug-likeness (QED) is 0.535. The van der Waals surface area contributed by atoms with Gasteiger partial charge in [-0.1, -0.05) is 60.7 Å². The lowest BCUT2D eigenvalue weighted by Crippen LogP contribution is -2.06. The van der Waals surface area contributed by atoms with Crippen molar-refractivity contribution in [3.8, 4) is 0 Å². The van der Waals surface area contributed by atoms with Gasteiger partial charge in [0.05, 0.1) is 6.21 Å². The number of aromatic nitrogens is 2. The molecule has 0 saturated heterocycles. The van der Waals surface area contributed by atoms with E-state index < -0.39 is 0 Å². The fraction of sp³-hybridized carbons (Fsp3) is 0.105. The summed E-state index contributed by atoms with van der Waals surface area (Å²) in [5.41, 5.74) is 6.03. The Morgan fingerprint density at radius 2 is 1.67 bits per heavy atom. The van der Waals surface area contributed by atoms with Gasteiger partial charge in [-0.25, -0.2) is 4.98 Å². The summed E-state index contributed by atoms with van der Waals surface area (Å²) in [6, 6.07) is 21.9. The van der Waals surface area contributed by atoms with Crippen LogP contribution in [0.15, 0.2) is 71.8 Å². The van der Waals surface area contributed by atoms with Gasteiger partial charge in [0.1, 0.15) is 0 Å². The second-order valence-electron chi connectivity index (χ2n) is 5.34. The molecule has 0 bridgehead atoms. The first kappa shape index (κ1) is 15.7. The molecule has 0 aliphatic carbocycles. The first-order valence-corrected chi connectivity index (χ1v) is 7.77. The van der Waals surface area contributed by atoms with Crippen molar-refractivity contribution in [1.29, 1.82) is 0 Å². The van der Waals surface area contributed by atoms with Gasteiger partial charge in [0, 0.05) is 18.3 Å². The predicted molar refractivity (Wildman–Crippen MR) is 98.2 cm³/mol. The predicted octanol–water partition coefficient (Wildman–Crippen LogP) is 3.84. The molecule has 5 nitrogen and oxygen atoms in total. The minimum absolute atomic E-state index is 0.580. The van der Waals surface area contributed by atoms with Gasteiger partial charge in [0.25, 0.3) is 0 Å². The zero-order valence-corrected chi connectivity index (χ0v) is 13.5. The number of nitrogens with one attached hydrogen (secondary N) is 2. The first-order valence-electron chi connectivity index (χ1n) is 7.77. The van der Waals surface area contributed by atoms with Crippen molar-refractivity contribution in [2.45, 2.75) is 13.5 Å². The number of hydrazone groups is 1. The van der Waals surface area contributed by atoms with Crippen molar-refractivity contribution >= 4 is 18.0 Å². The van der Waals surface area contributed by atoms with Crippen LogP contribution in [0.1, 0.15) is 16.8 Å². The molecule has 1 heterocycles. The van der Waals surface area contributed by atoms with Crippen molar-refractivity contribution in [3.05, 3.63) is 83.6 Å². The maximum absolute atomic E-state index is 4.43. The first-order chi connectivity index (χ1) is 11.8. The molecule has 5 heteroatoms. The van der Waals surface area contributed by atoms with Crippen LogP contribution < -0.4 is 10.7 Å². The zero-order valence-electron chi connectivity index (χ0n) is 13.5. The molecule has 24 heavy (non-hydrogen) atoms. The number of aryl methyl sites for hydroxylation is 1. The molecule has 2 aromatic carbocycles. The second kappa shape index (κ2) is 7.87. The average Bonchev–Trinajstić information content (AvgIpc) is 2.61. The largest absolute Gasteiger partial charge is 0.350 e. The summed E-state index contributed by atoms with van der Waals surface area (Å²) >= 11 is 0. The summed E-state index contributed by atoms with van der Waals surface area (Å²) in [7, 11) is 0. The van der Waals surface area contributed by atoms with Crippen molar-refractivity contribution in [2.24, 2.45) is 5.10 Å². The SMILES string of the molecule is Cc1cc(N/N=C/c2ccccc2)nc(NCc2ccccc2)n1. The summed E-state index contributed by atoms with van der Waals surface area (Å²) < 4.78 is 0. The van der Waals surface area contributed by atoms with Crippen LogP contribution in [0.25, 0.3) is 0 Å². The smallest absolute Gasteiger partial charge is 0.225 e. The van der Waals surface area contributed by atoms with E-state index >= 15 is 0 Å². The molecule has 0 radical (unpaired) electrons. The van der Waals surface area contributed by atoms with Crippen LogP contribution in [0.5, 0.6) is 0 Å². The lowest BCUT2D eigenvalue weighted by atomic mass is 10.2. The molecule has 2 N–H and O–H groups in total. The van der Waals surface area contributed by atoms with Crippen LogP contribution in [0.4, 0.5) is 11.8 Å². The van der Waals surface area contributed by atoms with Crippen molar-refractivity contribution in [1.82, 2.24) is 9.97 Å². The van der Waals surface area contributed by atoms with E-state index in [4.69, 9.17) is 0 Å². The van der Waals surface area contributed by atoms with E-state index in [0.29, 0.717) is 18.3 Å². The van der Waals surface area contributed by atoms with Gasteiger partial charge in [-0.15, -0.1) is 0 Å². The topological polar surface area (TPSA) is 62.2 Å². The van der Waals surface area contributed by atoms with Crippen LogP contribution in [0.3, 0.4) is 0 Å². The number of rotatable bonds is 6. The maximum atomic E-state index is 4.43. The van der Waals surface area contributed by atoms with E-state index in [9.17, 15) is 0 Å². The molecule has 1 aromatic heterocycles. The molecule has 120 valence electrons. The highest BCUT2D eigenvalue weighted by Crippen LogP contribution is 2.11. The van der Waals surface area contributed by atoms with Gasteiger partial charge in [-0.3, -0.25) is 5.43 Å². The van der Waals surface area contributed by atoms with Gasteiger partial charge >= 0.3 is 0 Å². The van der Waals surface area contributed by atoms with Crippen LogP contribution in [0, 0.1) is 6.92 Å². The Morgan fingerprint density at radius 1 is 0.958 bits per heavy atom. The fourth-order valence-electron chi connectivity index (χ4n) is 2.19. The average molecular weight is 317 g/mol. The highest BCUT2D eigenvalue weighted by Gasteiger charge is 2.01. The van der Waals surface area contributed by atoms with Crippen molar-refractivity contribution in [3.63, 3.8) is 0 Å². The third-order valence-electron chi connectivity index (χ3n) is 3.34. The Labute approximate surface area is 141 Å². The van der Waals surface area contributed by atoms with E-state index in [0.717, 1.165) is 11.3 Å². The number of nitrogens with zero attached hydrogens (tertiary/aromatic N) is 3. The summed E-state index contributed by atoms with van der Waals surface area (Å²) in [6.07, 6.45) is 1.76. The third-order valence-corrected chi connectivity index (χ3v) is 3.34. The zero-order chi connectivity index (χ0) is 16.6. The van der Waals surface area contributed by atoms with Crippen LogP contribution in [-0.2, 0) is 6.54 Å². The third kappa shape index (κ3) is 4.64. The van der Waals surface area contributed by atoms with Crippen LogP contribution in [0.2, 0.25) is 0 Å². The molecule has 0 spiro atoms. The molecule has 0 fully saturated rings. The van der Waals surface area contributed by atoms with E-state index in [-0.39, 0.29) is 0 Å². The summed E-state index contributed by atoms with van der Waals surface area (Å²) in [5, 5.41) is 7.46. The van der Waals surface area contributed by atoms with Gasteiger partial charge in [-0.2, -0.15) is 10.1 Å². The number of benzene rings is 2. The summed E-state index contributed by atoms with van der Waals surface area (Å²) in [4.78, 5) is 8.83. The molecule has 0 unspecified atom stereocenters. The van der Waals surface area contributed by atoms with Crippen molar-refractivity contribution < 1.29 is 0 Å². The molecule has 0 aliphatic rings. The lowest BCUT2D eigenvalue weighted by Gasteiger charge is -2.08. The van der Waals surface area contributed by atoms with E-state index in [2.05, 4.69) is 37.9 Å². The molecular formula is C19H19N5. The highest BCUT2D eigenvalue weighted by atomic mass is 15.3. The Hall–Kier alpha value is -3.21. The van der Waals surface area contributed by atoms with E-state index in [1.165, 1.54) is 5.56 Å². The molecule has 0 amide bonds. The lowest BCUT2D eigenvalue weighted by molar-refractivity contribution is 1.02. The van der Waals surface area contributed by atoms with Gasteiger partial charge in [0.2, 0.25) is 5.95 Å². The maximum Gasteiger partial charge on any atom is 0.225 e. The molecular weight excluding hydrogens is 298 g/mol. The van der Waals surface area contributed by atoms with Gasteiger partial charge in [-0.05, 0) is 18.1 Å². The minimum atomic E-state index is 0.580. The van der Waals surface area contributed by atoms with E-state index in [1.54, 1.807) is 6.21 Å². The Bertz CT molecular complexity index is 801.